The van der Waals surface area contributed by atoms with Crippen molar-refractivity contribution in [1.29, 1.82) is 0 Å². The third kappa shape index (κ3) is 5.50. The molecule has 0 spiro atoms. The van der Waals surface area contributed by atoms with Crippen LogP contribution in [0, 0.1) is 6.92 Å². The Morgan fingerprint density at radius 3 is 2.64 bits per heavy atom. The second-order valence-corrected chi connectivity index (χ2v) is 6.79. The van der Waals surface area contributed by atoms with E-state index in [1.54, 1.807) is 12.1 Å². The highest BCUT2D eigenvalue weighted by atomic mass is 16.1. The lowest BCUT2D eigenvalue weighted by Crippen LogP contribution is -2.47. The van der Waals surface area contributed by atoms with Gasteiger partial charge in [-0.3, -0.25) is 9.69 Å². The van der Waals surface area contributed by atoms with Crippen LogP contribution in [0.5, 0.6) is 0 Å². The highest BCUT2D eigenvalue weighted by Crippen LogP contribution is 2.13. The first kappa shape index (κ1) is 19.8. The monoisotopic (exact) mass is 377 g/mol. The van der Waals surface area contributed by atoms with Gasteiger partial charge < -0.3 is 10.2 Å². The van der Waals surface area contributed by atoms with E-state index in [-0.39, 0.29) is 5.91 Å². The maximum Gasteiger partial charge on any atom is 0.270 e. The minimum atomic E-state index is -0.198. The van der Waals surface area contributed by atoms with Crippen LogP contribution in [0.2, 0.25) is 0 Å². The van der Waals surface area contributed by atoms with Gasteiger partial charge in [0.05, 0.1) is 0 Å². The Labute approximate surface area is 166 Å². The summed E-state index contributed by atoms with van der Waals surface area (Å²) in [7, 11) is 0. The molecule has 0 aliphatic carbocycles. The van der Waals surface area contributed by atoms with Crippen molar-refractivity contribution >= 4 is 17.9 Å². The number of nitrogens with one attached hydrogen (secondary N) is 1. The Hall–Kier alpha value is -2.99. The molecule has 0 bridgehead atoms. The van der Waals surface area contributed by atoms with Crippen LogP contribution in [0.3, 0.4) is 0 Å². The van der Waals surface area contributed by atoms with Crippen LogP contribution in [-0.2, 0) is 0 Å². The standard InChI is InChI=1S/C22H27N5O/c1-3-11-23-21(28)20-17-18(2)24-22(25-20)27-15-13-26(14-16-27)12-7-10-19-8-5-4-6-9-19/h3-10,17H,1,11-16H2,2H3,(H,23,28)/b10-7+. The molecule has 1 aromatic heterocycles. The van der Waals surface area contributed by atoms with Crippen LogP contribution in [0.4, 0.5) is 5.95 Å². The quantitative estimate of drug-likeness (QED) is 0.752. The Balaban J connectivity index is 1.55. The SMILES string of the molecule is C=CCNC(=O)c1cc(C)nc(N2CCN(C/C=C/c3ccccc3)CC2)n1. The first-order valence-corrected chi connectivity index (χ1v) is 9.59. The largest absolute Gasteiger partial charge is 0.347 e. The molecule has 6 heteroatoms. The molecule has 2 heterocycles. The number of hydrogen-bond donors (Lipinski definition) is 1. The first-order valence-electron chi connectivity index (χ1n) is 9.59. The van der Waals surface area contributed by atoms with E-state index < -0.39 is 0 Å². The fourth-order valence-corrected chi connectivity index (χ4v) is 3.10. The van der Waals surface area contributed by atoms with E-state index in [9.17, 15) is 4.79 Å². The summed E-state index contributed by atoms with van der Waals surface area (Å²) in [6, 6.07) is 12.0. The average molecular weight is 377 g/mol. The molecular formula is C22H27N5O. The summed E-state index contributed by atoms with van der Waals surface area (Å²) < 4.78 is 0. The van der Waals surface area contributed by atoms with Gasteiger partial charge in [0, 0.05) is 45.0 Å². The van der Waals surface area contributed by atoms with Gasteiger partial charge in [0.1, 0.15) is 5.69 Å². The number of amides is 1. The normalized spacial score (nSPS) is 15.0. The average Bonchev–Trinajstić information content (AvgIpc) is 2.73. The van der Waals surface area contributed by atoms with Gasteiger partial charge in [-0.05, 0) is 18.6 Å². The van der Waals surface area contributed by atoms with Crippen molar-refractivity contribution in [1.82, 2.24) is 20.2 Å². The van der Waals surface area contributed by atoms with Crippen molar-refractivity contribution in [2.45, 2.75) is 6.92 Å². The van der Waals surface area contributed by atoms with E-state index in [1.807, 2.05) is 25.1 Å². The van der Waals surface area contributed by atoms with Crippen LogP contribution >= 0.6 is 0 Å². The molecule has 1 aliphatic rings. The molecule has 1 aliphatic heterocycles. The zero-order valence-corrected chi connectivity index (χ0v) is 16.3. The lowest BCUT2D eigenvalue weighted by Gasteiger charge is -2.34. The summed E-state index contributed by atoms with van der Waals surface area (Å²) in [6.45, 7) is 10.4. The number of nitrogens with zero attached hydrogens (tertiary/aromatic N) is 4. The fraction of sp³-hybridized carbons (Fsp3) is 0.318. The predicted molar refractivity (Wildman–Crippen MR) is 113 cm³/mol. The van der Waals surface area contributed by atoms with Gasteiger partial charge in [0.2, 0.25) is 5.95 Å². The molecule has 1 saturated heterocycles. The number of aromatic nitrogens is 2. The van der Waals surface area contributed by atoms with Crippen LogP contribution in [-0.4, -0.2) is 60.0 Å². The molecule has 146 valence electrons. The number of anilines is 1. The summed E-state index contributed by atoms with van der Waals surface area (Å²) in [4.78, 5) is 25.8. The summed E-state index contributed by atoms with van der Waals surface area (Å²) in [5.41, 5.74) is 2.41. The second-order valence-electron chi connectivity index (χ2n) is 6.79. The van der Waals surface area contributed by atoms with Gasteiger partial charge in [-0.25, -0.2) is 9.97 Å². The van der Waals surface area contributed by atoms with Crippen LogP contribution in [0.15, 0.2) is 55.1 Å². The molecule has 6 nitrogen and oxygen atoms in total. The highest BCUT2D eigenvalue weighted by molar-refractivity contribution is 5.92. The summed E-state index contributed by atoms with van der Waals surface area (Å²) in [5.74, 6) is 0.430. The molecule has 2 aromatic rings. The Kier molecular flexibility index (Phi) is 6.92. The van der Waals surface area contributed by atoms with Crippen molar-refractivity contribution in [3.05, 3.63) is 72.1 Å². The van der Waals surface area contributed by atoms with E-state index in [0.29, 0.717) is 18.2 Å². The van der Waals surface area contributed by atoms with E-state index in [4.69, 9.17) is 0 Å². The minimum absolute atomic E-state index is 0.198. The van der Waals surface area contributed by atoms with Gasteiger partial charge in [0.25, 0.3) is 5.91 Å². The van der Waals surface area contributed by atoms with Crippen LogP contribution in [0.25, 0.3) is 6.08 Å². The number of piperazine rings is 1. The predicted octanol–water partition coefficient (Wildman–Crippen LogP) is 2.54. The third-order valence-corrected chi connectivity index (χ3v) is 4.61. The maximum absolute atomic E-state index is 12.2. The number of rotatable bonds is 7. The molecule has 0 atom stereocenters. The van der Waals surface area contributed by atoms with Crippen molar-refractivity contribution in [3.63, 3.8) is 0 Å². The van der Waals surface area contributed by atoms with E-state index >= 15 is 0 Å². The van der Waals surface area contributed by atoms with Crippen molar-refractivity contribution in [2.24, 2.45) is 0 Å². The third-order valence-electron chi connectivity index (χ3n) is 4.61. The van der Waals surface area contributed by atoms with Gasteiger partial charge in [-0.15, -0.1) is 6.58 Å². The second kappa shape index (κ2) is 9.80. The molecule has 0 unspecified atom stereocenters. The molecule has 1 fully saturated rings. The lowest BCUT2D eigenvalue weighted by atomic mass is 10.2. The number of carbonyl (C=O) groups excluding carboxylic acids is 1. The molecule has 28 heavy (non-hydrogen) atoms. The number of hydrogen-bond acceptors (Lipinski definition) is 5. The number of carbonyl (C=O) groups is 1. The highest BCUT2D eigenvalue weighted by Gasteiger charge is 2.20. The number of benzene rings is 1. The maximum atomic E-state index is 12.2. The van der Waals surface area contributed by atoms with Crippen LogP contribution < -0.4 is 10.2 Å². The Morgan fingerprint density at radius 1 is 1.18 bits per heavy atom. The fourth-order valence-electron chi connectivity index (χ4n) is 3.10. The van der Waals surface area contributed by atoms with E-state index in [0.717, 1.165) is 38.4 Å². The molecule has 0 radical (unpaired) electrons. The van der Waals surface area contributed by atoms with Crippen molar-refractivity contribution < 1.29 is 4.79 Å². The van der Waals surface area contributed by atoms with Gasteiger partial charge >= 0.3 is 0 Å². The topological polar surface area (TPSA) is 61.4 Å². The molecule has 1 aromatic carbocycles. The van der Waals surface area contributed by atoms with Crippen molar-refractivity contribution in [2.75, 3.05) is 44.2 Å². The Morgan fingerprint density at radius 2 is 1.93 bits per heavy atom. The van der Waals surface area contributed by atoms with E-state index in [2.05, 4.69) is 55.9 Å². The molecule has 1 N–H and O–H groups in total. The summed E-state index contributed by atoms with van der Waals surface area (Å²) >= 11 is 0. The molecule has 0 saturated carbocycles. The minimum Gasteiger partial charge on any atom is -0.347 e. The Bertz CT molecular complexity index is 826. The zero-order valence-electron chi connectivity index (χ0n) is 16.3. The summed E-state index contributed by atoms with van der Waals surface area (Å²) in [6.07, 6.45) is 6.01. The lowest BCUT2D eigenvalue weighted by molar-refractivity contribution is 0.0953. The van der Waals surface area contributed by atoms with Gasteiger partial charge in [0.15, 0.2) is 0 Å². The molecular weight excluding hydrogens is 350 g/mol. The molecule has 1 amide bonds. The first-order chi connectivity index (χ1) is 13.7. The smallest absolute Gasteiger partial charge is 0.270 e. The van der Waals surface area contributed by atoms with Gasteiger partial charge in [-0.1, -0.05) is 48.6 Å². The zero-order chi connectivity index (χ0) is 19.8. The molecule has 3 rings (SSSR count). The van der Waals surface area contributed by atoms with Gasteiger partial charge in [-0.2, -0.15) is 0 Å². The van der Waals surface area contributed by atoms with Crippen molar-refractivity contribution in [3.8, 4) is 0 Å². The van der Waals surface area contributed by atoms with E-state index in [1.165, 1.54) is 5.56 Å². The summed E-state index contributed by atoms with van der Waals surface area (Å²) in [5, 5.41) is 2.77. The number of aryl methyl sites for hydroxylation is 1. The van der Waals surface area contributed by atoms with Crippen LogP contribution in [0.1, 0.15) is 21.7 Å².